The minimum atomic E-state index is -0.508. The Hall–Kier alpha value is -1.62. The lowest BCUT2D eigenvalue weighted by Crippen LogP contribution is -2.41. The van der Waals surface area contributed by atoms with Gasteiger partial charge in [0.25, 0.3) is 0 Å². The normalized spacial score (nSPS) is 28.0. The summed E-state index contributed by atoms with van der Waals surface area (Å²) in [5, 5.41) is 9.11. The molecule has 4 unspecified atom stereocenters. The first-order valence-electron chi connectivity index (χ1n) is 8.68. The first-order valence-corrected chi connectivity index (χ1v) is 8.68. The average Bonchev–Trinajstić information content (AvgIpc) is 2.79. The minimum Gasteiger partial charge on any atom is -0.458 e. The van der Waals surface area contributed by atoms with E-state index in [1.165, 1.54) is 0 Å². The summed E-state index contributed by atoms with van der Waals surface area (Å²) in [5.41, 5.74) is 2.55. The molecule has 1 saturated heterocycles. The Labute approximate surface area is 143 Å². The van der Waals surface area contributed by atoms with Crippen molar-refractivity contribution in [1.29, 1.82) is 0 Å². The SMILES string of the molecule is C=C1C(=O)OC2CC(C)=C(C(C)CCCO)C(OC(=O)C(C)C)C12. The molecule has 24 heavy (non-hydrogen) atoms. The fourth-order valence-corrected chi connectivity index (χ4v) is 3.70. The van der Waals surface area contributed by atoms with Crippen LogP contribution in [0.15, 0.2) is 23.3 Å². The lowest BCUT2D eigenvalue weighted by Gasteiger charge is -2.37. The molecular formula is C19H28O5. The zero-order valence-corrected chi connectivity index (χ0v) is 15.0. The van der Waals surface area contributed by atoms with Crippen LogP contribution in [-0.4, -0.2) is 35.9 Å². The van der Waals surface area contributed by atoms with E-state index in [0.717, 1.165) is 17.6 Å². The average molecular weight is 336 g/mol. The van der Waals surface area contributed by atoms with Gasteiger partial charge in [-0.2, -0.15) is 0 Å². The first-order chi connectivity index (χ1) is 11.3. The maximum absolute atomic E-state index is 12.2. The predicted molar refractivity (Wildman–Crippen MR) is 90.0 cm³/mol. The minimum absolute atomic E-state index is 0.132. The number of hydrogen-bond acceptors (Lipinski definition) is 5. The maximum atomic E-state index is 12.2. The van der Waals surface area contributed by atoms with Crippen molar-refractivity contribution in [2.24, 2.45) is 17.8 Å². The van der Waals surface area contributed by atoms with E-state index in [1.807, 2.05) is 6.92 Å². The summed E-state index contributed by atoms with van der Waals surface area (Å²) >= 11 is 0. The molecule has 0 aromatic heterocycles. The number of ether oxygens (including phenoxy) is 2. The molecular weight excluding hydrogens is 308 g/mol. The lowest BCUT2D eigenvalue weighted by molar-refractivity contribution is -0.155. The van der Waals surface area contributed by atoms with Crippen LogP contribution in [0.1, 0.15) is 47.0 Å². The van der Waals surface area contributed by atoms with Crippen molar-refractivity contribution in [3.63, 3.8) is 0 Å². The van der Waals surface area contributed by atoms with Crippen LogP contribution in [0.3, 0.4) is 0 Å². The summed E-state index contributed by atoms with van der Waals surface area (Å²) in [6, 6.07) is 0. The van der Waals surface area contributed by atoms with E-state index in [-0.39, 0.29) is 36.4 Å². The van der Waals surface area contributed by atoms with E-state index in [0.29, 0.717) is 18.4 Å². The summed E-state index contributed by atoms with van der Waals surface area (Å²) in [4.78, 5) is 24.2. The Kier molecular flexibility index (Phi) is 5.86. The molecule has 5 heteroatoms. The standard InChI is InChI=1S/C19H28O5/c1-10(2)18(21)24-17-15(11(3)7-6-8-20)12(4)9-14-16(17)13(5)19(22)23-14/h10-11,14,16-17,20H,5-9H2,1-4H3. The second-order valence-electron chi connectivity index (χ2n) is 7.21. The number of carbonyl (C=O) groups is 2. The van der Waals surface area contributed by atoms with Gasteiger partial charge in [-0.1, -0.05) is 32.9 Å². The number of rotatable bonds is 6. The zero-order chi connectivity index (χ0) is 18.0. The number of carbonyl (C=O) groups excluding carboxylic acids is 2. The molecule has 0 spiro atoms. The summed E-state index contributed by atoms with van der Waals surface area (Å²) < 4.78 is 11.2. The molecule has 0 bridgehead atoms. The van der Waals surface area contributed by atoms with E-state index < -0.39 is 12.1 Å². The van der Waals surface area contributed by atoms with Crippen LogP contribution in [0.5, 0.6) is 0 Å². The predicted octanol–water partition coefficient (Wildman–Crippen LogP) is 2.78. The summed E-state index contributed by atoms with van der Waals surface area (Å²) in [6.45, 7) is 11.7. The number of esters is 2. The van der Waals surface area contributed by atoms with Gasteiger partial charge in [0.2, 0.25) is 0 Å². The van der Waals surface area contributed by atoms with Crippen molar-refractivity contribution in [2.45, 2.75) is 59.2 Å². The third-order valence-corrected chi connectivity index (χ3v) is 5.00. The molecule has 1 aliphatic carbocycles. The van der Waals surface area contributed by atoms with Crippen LogP contribution in [-0.2, 0) is 19.1 Å². The van der Waals surface area contributed by atoms with Gasteiger partial charge in [-0.3, -0.25) is 4.79 Å². The molecule has 1 fully saturated rings. The first kappa shape index (κ1) is 18.7. The van der Waals surface area contributed by atoms with Crippen LogP contribution in [0.2, 0.25) is 0 Å². The van der Waals surface area contributed by atoms with Crippen molar-refractivity contribution in [3.8, 4) is 0 Å². The molecule has 134 valence electrons. The molecule has 2 aliphatic rings. The molecule has 0 aromatic rings. The van der Waals surface area contributed by atoms with Gasteiger partial charge in [0.05, 0.1) is 11.8 Å². The van der Waals surface area contributed by atoms with Gasteiger partial charge in [0, 0.05) is 18.6 Å². The Balaban J connectivity index is 2.36. The molecule has 0 saturated carbocycles. The maximum Gasteiger partial charge on any atom is 0.334 e. The molecule has 1 aliphatic heterocycles. The van der Waals surface area contributed by atoms with Gasteiger partial charge in [-0.25, -0.2) is 4.79 Å². The van der Waals surface area contributed by atoms with E-state index in [1.54, 1.807) is 13.8 Å². The molecule has 4 atom stereocenters. The Morgan fingerprint density at radius 2 is 2.08 bits per heavy atom. The number of hydrogen-bond donors (Lipinski definition) is 1. The Morgan fingerprint density at radius 3 is 2.67 bits per heavy atom. The zero-order valence-electron chi connectivity index (χ0n) is 15.0. The topological polar surface area (TPSA) is 72.8 Å². The van der Waals surface area contributed by atoms with Crippen molar-refractivity contribution in [3.05, 3.63) is 23.3 Å². The summed E-state index contributed by atoms with van der Waals surface area (Å²) in [6.07, 6.45) is 1.32. The molecule has 5 nitrogen and oxygen atoms in total. The third-order valence-electron chi connectivity index (χ3n) is 5.00. The molecule has 0 amide bonds. The summed E-state index contributed by atoms with van der Waals surface area (Å²) in [5.74, 6) is -1.08. The van der Waals surface area contributed by atoms with Crippen molar-refractivity contribution in [1.82, 2.24) is 0 Å². The highest BCUT2D eigenvalue weighted by atomic mass is 16.6. The van der Waals surface area contributed by atoms with Gasteiger partial charge in [-0.15, -0.1) is 0 Å². The third kappa shape index (κ3) is 3.56. The Morgan fingerprint density at radius 1 is 1.42 bits per heavy atom. The van der Waals surface area contributed by atoms with Gasteiger partial charge in [0.15, 0.2) is 0 Å². The largest absolute Gasteiger partial charge is 0.458 e. The van der Waals surface area contributed by atoms with E-state index in [9.17, 15) is 9.59 Å². The lowest BCUT2D eigenvalue weighted by atomic mass is 9.73. The molecule has 2 rings (SSSR count). The quantitative estimate of drug-likeness (QED) is 0.459. The highest BCUT2D eigenvalue weighted by Gasteiger charge is 2.50. The van der Waals surface area contributed by atoms with Crippen molar-refractivity contribution in [2.75, 3.05) is 6.61 Å². The highest BCUT2D eigenvalue weighted by Crippen LogP contribution is 2.45. The van der Waals surface area contributed by atoms with Gasteiger partial charge in [0.1, 0.15) is 12.2 Å². The smallest absolute Gasteiger partial charge is 0.334 e. The number of aliphatic hydroxyl groups excluding tert-OH is 1. The second-order valence-corrected chi connectivity index (χ2v) is 7.21. The van der Waals surface area contributed by atoms with Crippen LogP contribution in [0.4, 0.5) is 0 Å². The Bertz CT molecular complexity index is 560. The van der Waals surface area contributed by atoms with E-state index >= 15 is 0 Å². The van der Waals surface area contributed by atoms with E-state index in [2.05, 4.69) is 13.5 Å². The molecule has 1 heterocycles. The van der Waals surface area contributed by atoms with Crippen molar-refractivity contribution < 1.29 is 24.2 Å². The van der Waals surface area contributed by atoms with Crippen LogP contribution in [0.25, 0.3) is 0 Å². The van der Waals surface area contributed by atoms with Crippen LogP contribution < -0.4 is 0 Å². The monoisotopic (exact) mass is 336 g/mol. The van der Waals surface area contributed by atoms with Gasteiger partial charge in [-0.05, 0) is 31.3 Å². The summed E-state index contributed by atoms with van der Waals surface area (Å²) in [7, 11) is 0. The van der Waals surface area contributed by atoms with Gasteiger partial charge >= 0.3 is 11.9 Å². The highest BCUT2D eigenvalue weighted by molar-refractivity contribution is 5.91. The van der Waals surface area contributed by atoms with Crippen LogP contribution >= 0.6 is 0 Å². The van der Waals surface area contributed by atoms with Crippen LogP contribution in [0, 0.1) is 17.8 Å². The second kappa shape index (κ2) is 7.51. The molecule has 1 N–H and O–H groups in total. The van der Waals surface area contributed by atoms with Crippen molar-refractivity contribution >= 4 is 11.9 Å². The molecule has 0 radical (unpaired) electrons. The van der Waals surface area contributed by atoms with E-state index in [4.69, 9.17) is 14.6 Å². The van der Waals surface area contributed by atoms with Gasteiger partial charge < -0.3 is 14.6 Å². The fourth-order valence-electron chi connectivity index (χ4n) is 3.70. The number of fused-ring (bicyclic) bond motifs is 1. The molecule has 0 aromatic carbocycles. The fraction of sp³-hybridized carbons (Fsp3) is 0.684. The number of aliphatic hydroxyl groups is 1.